The Hall–Kier alpha value is -0.850. The third-order valence-corrected chi connectivity index (χ3v) is 2.18. The Bertz CT molecular complexity index is 277. The molecule has 1 rings (SSSR count). The first-order chi connectivity index (χ1) is 5.69. The number of hydrogen-bond donors (Lipinski definition) is 0. The molecule has 0 radical (unpaired) electrons. The van der Waals surface area contributed by atoms with Crippen LogP contribution in [0.4, 0.5) is 4.39 Å². The number of aryl methyl sites for hydroxylation is 3. The summed E-state index contributed by atoms with van der Waals surface area (Å²) in [4.78, 5) is 0. The first kappa shape index (κ1) is 9.24. The summed E-state index contributed by atoms with van der Waals surface area (Å²) in [7, 11) is 0. The van der Waals surface area contributed by atoms with Gasteiger partial charge < -0.3 is 0 Å². The van der Waals surface area contributed by atoms with E-state index >= 15 is 0 Å². The van der Waals surface area contributed by atoms with Crippen LogP contribution in [0, 0.1) is 12.7 Å². The fourth-order valence-electron chi connectivity index (χ4n) is 1.38. The molecule has 0 saturated carbocycles. The second kappa shape index (κ2) is 3.70. The largest absolute Gasteiger partial charge is 0.206 e. The lowest BCUT2D eigenvalue weighted by atomic mass is 10.0. The SMILES string of the molecule is CCc1cc(C)c(F)c(CC)c1. The Morgan fingerprint density at radius 1 is 1.17 bits per heavy atom. The maximum absolute atomic E-state index is 13.3. The van der Waals surface area contributed by atoms with Crippen LogP contribution in [-0.2, 0) is 12.8 Å². The normalized spacial score (nSPS) is 10.3. The zero-order valence-electron chi connectivity index (χ0n) is 7.95. The smallest absolute Gasteiger partial charge is 0.129 e. The summed E-state index contributed by atoms with van der Waals surface area (Å²) in [6, 6.07) is 3.89. The predicted octanol–water partition coefficient (Wildman–Crippen LogP) is 3.26. The maximum atomic E-state index is 13.3. The van der Waals surface area contributed by atoms with E-state index in [0.29, 0.717) is 0 Å². The summed E-state index contributed by atoms with van der Waals surface area (Å²) >= 11 is 0. The molecular weight excluding hydrogens is 151 g/mol. The van der Waals surface area contributed by atoms with Crippen molar-refractivity contribution in [2.75, 3.05) is 0 Å². The molecule has 0 unspecified atom stereocenters. The van der Waals surface area contributed by atoms with Crippen LogP contribution in [0.3, 0.4) is 0 Å². The molecule has 1 heteroatoms. The van der Waals surface area contributed by atoms with Gasteiger partial charge in [-0.3, -0.25) is 0 Å². The second-order valence-corrected chi connectivity index (χ2v) is 3.09. The fourth-order valence-corrected chi connectivity index (χ4v) is 1.38. The Morgan fingerprint density at radius 2 is 1.83 bits per heavy atom. The van der Waals surface area contributed by atoms with E-state index in [1.807, 2.05) is 26.0 Å². The summed E-state index contributed by atoms with van der Waals surface area (Å²) in [6.45, 7) is 5.90. The maximum Gasteiger partial charge on any atom is 0.129 e. The lowest BCUT2D eigenvalue weighted by Crippen LogP contribution is -1.94. The molecule has 66 valence electrons. The van der Waals surface area contributed by atoms with Crippen LogP contribution in [-0.4, -0.2) is 0 Å². The van der Waals surface area contributed by atoms with Crippen molar-refractivity contribution in [3.8, 4) is 0 Å². The van der Waals surface area contributed by atoms with Gasteiger partial charge in [-0.2, -0.15) is 0 Å². The molecule has 0 nitrogen and oxygen atoms in total. The van der Waals surface area contributed by atoms with Gasteiger partial charge in [0.15, 0.2) is 0 Å². The number of benzene rings is 1. The van der Waals surface area contributed by atoms with E-state index < -0.39 is 0 Å². The second-order valence-electron chi connectivity index (χ2n) is 3.09. The molecule has 0 saturated heterocycles. The minimum absolute atomic E-state index is 0.0327. The molecule has 0 fully saturated rings. The van der Waals surface area contributed by atoms with Crippen LogP contribution in [0.5, 0.6) is 0 Å². The van der Waals surface area contributed by atoms with Crippen molar-refractivity contribution < 1.29 is 4.39 Å². The van der Waals surface area contributed by atoms with Crippen LogP contribution >= 0.6 is 0 Å². The molecule has 0 heterocycles. The van der Waals surface area contributed by atoms with Gasteiger partial charge in [0.25, 0.3) is 0 Å². The summed E-state index contributed by atoms with van der Waals surface area (Å²) in [5.41, 5.74) is 2.84. The molecule has 1 aromatic rings. The van der Waals surface area contributed by atoms with Gasteiger partial charge in [0.2, 0.25) is 0 Å². The molecule has 0 aliphatic heterocycles. The molecule has 0 aromatic heterocycles. The third kappa shape index (κ3) is 1.66. The number of halogens is 1. The molecule has 1 aromatic carbocycles. The molecule has 0 aliphatic rings. The minimum Gasteiger partial charge on any atom is -0.206 e. The molecule has 0 atom stereocenters. The van der Waals surface area contributed by atoms with Crippen LogP contribution in [0.25, 0.3) is 0 Å². The quantitative estimate of drug-likeness (QED) is 0.632. The van der Waals surface area contributed by atoms with E-state index in [2.05, 4.69) is 6.92 Å². The van der Waals surface area contributed by atoms with Crippen LogP contribution < -0.4 is 0 Å². The third-order valence-electron chi connectivity index (χ3n) is 2.18. The van der Waals surface area contributed by atoms with E-state index in [4.69, 9.17) is 0 Å². The van der Waals surface area contributed by atoms with Gasteiger partial charge in [0.1, 0.15) is 5.82 Å². The number of hydrogen-bond acceptors (Lipinski definition) is 0. The zero-order valence-corrected chi connectivity index (χ0v) is 7.95. The van der Waals surface area contributed by atoms with Crippen molar-refractivity contribution in [1.82, 2.24) is 0 Å². The van der Waals surface area contributed by atoms with Crippen LogP contribution in [0.15, 0.2) is 12.1 Å². The van der Waals surface area contributed by atoms with Crippen LogP contribution in [0.1, 0.15) is 30.5 Å². The monoisotopic (exact) mass is 166 g/mol. The van der Waals surface area contributed by atoms with Crippen molar-refractivity contribution in [3.63, 3.8) is 0 Å². The van der Waals surface area contributed by atoms with Crippen LogP contribution in [0.2, 0.25) is 0 Å². The molecule has 0 spiro atoms. The lowest BCUT2D eigenvalue weighted by molar-refractivity contribution is 0.602. The molecular formula is C11H15F. The van der Waals surface area contributed by atoms with Gasteiger partial charge in [0, 0.05) is 0 Å². The van der Waals surface area contributed by atoms with E-state index in [9.17, 15) is 4.39 Å². The first-order valence-corrected chi connectivity index (χ1v) is 4.47. The lowest BCUT2D eigenvalue weighted by Gasteiger charge is -2.06. The highest BCUT2D eigenvalue weighted by Crippen LogP contribution is 2.16. The highest BCUT2D eigenvalue weighted by Gasteiger charge is 2.04. The van der Waals surface area contributed by atoms with Crippen molar-refractivity contribution in [3.05, 3.63) is 34.6 Å². The van der Waals surface area contributed by atoms with Gasteiger partial charge in [-0.25, -0.2) is 4.39 Å². The van der Waals surface area contributed by atoms with E-state index in [-0.39, 0.29) is 5.82 Å². The summed E-state index contributed by atoms with van der Waals surface area (Å²) < 4.78 is 13.3. The van der Waals surface area contributed by atoms with Gasteiger partial charge in [-0.15, -0.1) is 0 Å². The summed E-state index contributed by atoms with van der Waals surface area (Å²) in [5, 5.41) is 0. The summed E-state index contributed by atoms with van der Waals surface area (Å²) in [5.74, 6) is -0.0327. The van der Waals surface area contributed by atoms with Crippen molar-refractivity contribution in [1.29, 1.82) is 0 Å². The van der Waals surface area contributed by atoms with E-state index in [1.54, 1.807) is 0 Å². The topological polar surface area (TPSA) is 0 Å². The fraction of sp³-hybridized carbons (Fsp3) is 0.455. The van der Waals surface area contributed by atoms with Gasteiger partial charge in [-0.05, 0) is 36.5 Å². The number of rotatable bonds is 2. The van der Waals surface area contributed by atoms with Gasteiger partial charge in [0.05, 0.1) is 0 Å². The van der Waals surface area contributed by atoms with E-state index in [1.165, 1.54) is 5.56 Å². The van der Waals surface area contributed by atoms with Crippen molar-refractivity contribution >= 4 is 0 Å². The molecule has 0 bridgehead atoms. The highest BCUT2D eigenvalue weighted by molar-refractivity contribution is 5.31. The first-order valence-electron chi connectivity index (χ1n) is 4.47. The Balaban J connectivity index is 3.19. The average molecular weight is 166 g/mol. The minimum atomic E-state index is -0.0327. The van der Waals surface area contributed by atoms with Gasteiger partial charge in [-0.1, -0.05) is 26.0 Å². The van der Waals surface area contributed by atoms with Gasteiger partial charge >= 0.3 is 0 Å². The van der Waals surface area contributed by atoms with E-state index in [0.717, 1.165) is 24.0 Å². The molecule has 0 amide bonds. The average Bonchev–Trinajstić information content (AvgIpc) is 2.09. The molecule has 12 heavy (non-hydrogen) atoms. The molecule has 0 N–H and O–H groups in total. The Morgan fingerprint density at radius 3 is 2.33 bits per heavy atom. The molecule has 0 aliphatic carbocycles. The Kier molecular flexibility index (Phi) is 2.85. The highest BCUT2D eigenvalue weighted by atomic mass is 19.1. The van der Waals surface area contributed by atoms with Crippen molar-refractivity contribution in [2.24, 2.45) is 0 Å². The zero-order chi connectivity index (χ0) is 9.14. The standard InChI is InChI=1S/C11H15F/c1-4-9-6-8(3)11(12)10(5-2)7-9/h6-7H,4-5H2,1-3H3. The Labute approximate surface area is 73.4 Å². The van der Waals surface area contributed by atoms with Crippen molar-refractivity contribution in [2.45, 2.75) is 33.6 Å². The summed E-state index contributed by atoms with van der Waals surface area (Å²) in [6.07, 6.45) is 1.76. The predicted molar refractivity (Wildman–Crippen MR) is 49.9 cm³/mol.